The van der Waals surface area contributed by atoms with E-state index in [1.165, 1.54) is 0 Å². The standard InChI is InChI=1S/C22H28F3N5O/c1-13(15-9-16(22(23,24)25)11-17(26)10-15)27-21-19-12-18(30-5-7-31-8-6-30)3-4-20(19)28-14(2)29-21/h9-11,13,18H,3-8,12,26H2,1-2H3,(H,27,28,29)/t13-,18+/m1/s1. The first-order chi connectivity index (χ1) is 14.7. The molecule has 1 aromatic heterocycles. The molecule has 2 aromatic rings. The van der Waals surface area contributed by atoms with Crippen molar-refractivity contribution in [3.63, 3.8) is 0 Å². The molecular weight excluding hydrogens is 407 g/mol. The van der Waals surface area contributed by atoms with E-state index in [9.17, 15) is 13.2 Å². The van der Waals surface area contributed by atoms with E-state index in [4.69, 9.17) is 10.5 Å². The zero-order valence-electron chi connectivity index (χ0n) is 17.8. The van der Waals surface area contributed by atoms with Gasteiger partial charge < -0.3 is 15.8 Å². The first kappa shape index (κ1) is 21.8. The minimum atomic E-state index is -4.44. The van der Waals surface area contributed by atoms with E-state index in [1.807, 2.05) is 13.8 Å². The van der Waals surface area contributed by atoms with Crippen molar-refractivity contribution in [1.82, 2.24) is 14.9 Å². The highest BCUT2D eigenvalue weighted by molar-refractivity contribution is 5.52. The number of nitrogen functional groups attached to an aromatic ring is 1. The minimum absolute atomic E-state index is 0.0896. The molecular formula is C22H28F3N5O. The van der Waals surface area contributed by atoms with E-state index >= 15 is 0 Å². The second-order valence-electron chi connectivity index (χ2n) is 8.34. The van der Waals surface area contributed by atoms with Crippen LogP contribution in [0.4, 0.5) is 24.7 Å². The number of aromatic nitrogens is 2. The monoisotopic (exact) mass is 435 g/mol. The third-order valence-corrected chi connectivity index (χ3v) is 6.08. The van der Waals surface area contributed by atoms with Gasteiger partial charge in [0.2, 0.25) is 0 Å². The highest BCUT2D eigenvalue weighted by atomic mass is 19.4. The zero-order valence-corrected chi connectivity index (χ0v) is 17.8. The number of hydrogen-bond acceptors (Lipinski definition) is 6. The van der Waals surface area contributed by atoms with Gasteiger partial charge in [0.1, 0.15) is 11.6 Å². The number of rotatable bonds is 4. The number of fused-ring (bicyclic) bond motifs is 1. The fraction of sp³-hybridized carbons (Fsp3) is 0.545. The number of nitrogens with zero attached hydrogens (tertiary/aromatic N) is 3. The van der Waals surface area contributed by atoms with Gasteiger partial charge in [-0.3, -0.25) is 4.90 Å². The number of benzene rings is 1. The van der Waals surface area contributed by atoms with Gasteiger partial charge in [0.25, 0.3) is 0 Å². The lowest BCUT2D eigenvalue weighted by atomic mass is 9.90. The van der Waals surface area contributed by atoms with Crippen LogP contribution in [0.2, 0.25) is 0 Å². The summed E-state index contributed by atoms with van der Waals surface area (Å²) in [6.07, 6.45) is -1.74. The largest absolute Gasteiger partial charge is 0.416 e. The molecule has 1 aliphatic heterocycles. The third-order valence-electron chi connectivity index (χ3n) is 6.08. The number of halogens is 3. The van der Waals surface area contributed by atoms with E-state index in [0.29, 0.717) is 23.2 Å². The predicted octanol–water partition coefficient (Wildman–Crippen LogP) is 3.75. The van der Waals surface area contributed by atoms with Crippen LogP contribution in [0, 0.1) is 6.92 Å². The maximum absolute atomic E-state index is 13.2. The minimum Gasteiger partial charge on any atom is -0.399 e. The average Bonchev–Trinajstić information content (AvgIpc) is 2.73. The third kappa shape index (κ3) is 4.93. The molecule has 0 spiro atoms. The van der Waals surface area contributed by atoms with Crippen LogP contribution < -0.4 is 11.1 Å². The predicted molar refractivity (Wildman–Crippen MR) is 113 cm³/mol. The van der Waals surface area contributed by atoms with Crippen LogP contribution in [0.25, 0.3) is 0 Å². The topological polar surface area (TPSA) is 76.3 Å². The molecule has 6 nitrogen and oxygen atoms in total. The molecule has 0 saturated carbocycles. The van der Waals surface area contributed by atoms with Crippen molar-refractivity contribution < 1.29 is 17.9 Å². The number of aryl methyl sites for hydroxylation is 2. The molecule has 0 radical (unpaired) electrons. The molecule has 1 fully saturated rings. The highest BCUT2D eigenvalue weighted by Crippen LogP contribution is 2.34. The molecule has 4 rings (SSSR count). The Labute approximate surface area is 180 Å². The van der Waals surface area contributed by atoms with Gasteiger partial charge in [-0.2, -0.15) is 13.2 Å². The van der Waals surface area contributed by atoms with Crippen molar-refractivity contribution in [1.29, 1.82) is 0 Å². The Hall–Kier alpha value is -2.39. The molecule has 2 heterocycles. The normalized spacial score (nSPS) is 20.9. The summed E-state index contributed by atoms with van der Waals surface area (Å²) in [5.41, 5.74) is 7.65. The summed E-state index contributed by atoms with van der Waals surface area (Å²) in [7, 11) is 0. The summed E-state index contributed by atoms with van der Waals surface area (Å²) in [5, 5.41) is 3.34. The van der Waals surface area contributed by atoms with Gasteiger partial charge >= 0.3 is 6.18 Å². The van der Waals surface area contributed by atoms with Crippen molar-refractivity contribution in [2.24, 2.45) is 0 Å². The van der Waals surface area contributed by atoms with Gasteiger partial charge in [0, 0.05) is 36.1 Å². The van der Waals surface area contributed by atoms with Gasteiger partial charge in [-0.15, -0.1) is 0 Å². The molecule has 2 atom stereocenters. The first-order valence-electron chi connectivity index (χ1n) is 10.6. The Bertz CT molecular complexity index is 943. The summed E-state index contributed by atoms with van der Waals surface area (Å²) >= 11 is 0. The SMILES string of the molecule is Cc1nc2c(c(N[C@H](C)c3cc(N)cc(C(F)(F)F)c3)n1)C[C@@H](N1CCOCC1)CC2. The number of alkyl halides is 3. The molecule has 0 amide bonds. The van der Waals surface area contributed by atoms with Crippen molar-refractivity contribution in [3.8, 4) is 0 Å². The van der Waals surface area contributed by atoms with E-state index < -0.39 is 17.8 Å². The molecule has 2 aliphatic rings. The molecule has 31 heavy (non-hydrogen) atoms. The molecule has 168 valence electrons. The van der Waals surface area contributed by atoms with Gasteiger partial charge in [-0.05, 0) is 56.9 Å². The van der Waals surface area contributed by atoms with Crippen LogP contribution in [0.5, 0.6) is 0 Å². The smallest absolute Gasteiger partial charge is 0.399 e. The fourth-order valence-electron chi connectivity index (χ4n) is 4.47. The van der Waals surface area contributed by atoms with Crippen molar-refractivity contribution in [2.45, 2.75) is 51.4 Å². The maximum atomic E-state index is 13.2. The maximum Gasteiger partial charge on any atom is 0.416 e. The Morgan fingerprint density at radius 1 is 1.19 bits per heavy atom. The molecule has 1 aromatic carbocycles. The number of ether oxygens (including phenoxy) is 1. The second kappa shape index (κ2) is 8.63. The lowest BCUT2D eigenvalue weighted by Gasteiger charge is -2.37. The van der Waals surface area contributed by atoms with E-state index in [-0.39, 0.29) is 5.69 Å². The number of nitrogens with two attached hydrogens (primary N) is 1. The fourth-order valence-corrected chi connectivity index (χ4v) is 4.47. The Balaban J connectivity index is 1.59. The van der Waals surface area contributed by atoms with Crippen LogP contribution in [-0.4, -0.2) is 47.2 Å². The zero-order chi connectivity index (χ0) is 22.2. The number of nitrogens with one attached hydrogen (secondary N) is 1. The Kier molecular flexibility index (Phi) is 6.07. The van der Waals surface area contributed by atoms with Gasteiger partial charge in [-0.1, -0.05) is 0 Å². The van der Waals surface area contributed by atoms with Crippen molar-refractivity contribution >= 4 is 11.5 Å². The molecule has 1 saturated heterocycles. The summed E-state index contributed by atoms with van der Waals surface area (Å²) in [6.45, 7) is 6.97. The summed E-state index contributed by atoms with van der Waals surface area (Å²) in [5.74, 6) is 1.35. The lowest BCUT2D eigenvalue weighted by molar-refractivity contribution is -0.137. The molecule has 0 unspecified atom stereocenters. The average molecular weight is 435 g/mol. The molecule has 9 heteroatoms. The highest BCUT2D eigenvalue weighted by Gasteiger charge is 2.32. The van der Waals surface area contributed by atoms with Gasteiger partial charge in [0.05, 0.1) is 24.8 Å². The van der Waals surface area contributed by atoms with E-state index in [1.54, 1.807) is 6.07 Å². The van der Waals surface area contributed by atoms with Crippen molar-refractivity contribution in [3.05, 3.63) is 46.4 Å². The molecule has 3 N–H and O–H groups in total. The summed E-state index contributed by atoms with van der Waals surface area (Å²) in [6, 6.07) is 3.67. The molecule has 1 aliphatic carbocycles. The van der Waals surface area contributed by atoms with Crippen molar-refractivity contribution in [2.75, 3.05) is 37.4 Å². The Morgan fingerprint density at radius 3 is 2.65 bits per heavy atom. The quantitative estimate of drug-likeness (QED) is 0.713. The lowest BCUT2D eigenvalue weighted by Crippen LogP contribution is -2.46. The van der Waals surface area contributed by atoms with Gasteiger partial charge in [0.15, 0.2) is 0 Å². The first-order valence-corrected chi connectivity index (χ1v) is 10.6. The molecule has 0 bridgehead atoms. The van der Waals surface area contributed by atoms with Crippen LogP contribution in [-0.2, 0) is 23.8 Å². The number of morpholine rings is 1. The Morgan fingerprint density at radius 2 is 1.94 bits per heavy atom. The van der Waals surface area contributed by atoms with Crippen LogP contribution in [0.3, 0.4) is 0 Å². The van der Waals surface area contributed by atoms with E-state index in [0.717, 1.165) is 69.0 Å². The number of anilines is 2. The second-order valence-corrected chi connectivity index (χ2v) is 8.34. The van der Waals surface area contributed by atoms with Crippen LogP contribution in [0.15, 0.2) is 18.2 Å². The summed E-state index contributed by atoms with van der Waals surface area (Å²) in [4.78, 5) is 11.7. The van der Waals surface area contributed by atoms with Gasteiger partial charge in [-0.25, -0.2) is 9.97 Å². The van der Waals surface area contributed by atoms with Crippen LogP contribution >= 0.6 is 0 Å². The van der Waals surface area contributed by atoms with E-state index in [2.05, 4.69) is 20.2 Å². The van der Waals surface area contributed by atoms with Crippen LogP contribution in [0.1, 0.15) is 47.6 Å². The summed E-state index contributed by atoms with van der Waals surface area (Å²) < 4.78 is 45.2. The number of hydrogen-bond donors (Lipinski definition) is 2.